The molecule has 2 unspecified atom stereocenters. The highest BCUT2D eigenvalue weighted by Crippen LogP contribution is 2.33. The van der Waals surface area contributed by atoms with E-state index in [0.29, 0.717) is 5.92 Å². The van der Waals surface area contributed by atoms with Crippen LogP contribution in [0.5, 0.6) is 0 Å². The Morgan fingerprint density at radius 1 is 1.35 bits per heavy atom. The summed E-state index contributed by atoms with van der Waals surface area (Å²) in [6.45, 7) is 9.07. The number of hydrogen-bond donors (Lipinski definition) is 1. The normalized spacial score (nSPS) is 24.2. The fourth-order valence-corrected chi connectivity index (χ4v) is 3.08. The quantitative estimate of drug-likeness (QED) is 0.921. The van der Waals surface area contributed by atoms with Gasteiger partial charge in [0.15, 0.2) is 0 Å². The van der Waals surface area contributed by atoms with Gasteiger partial charge in [-0.15, -0.1) is 0 Å². The lowest BCUT2D eigenvalue weighted by molar-refractivity contribution is -0.134. The fourth-order valence-electron chi connectivity index (χ4n) is 3.08. The van der Waals surface area contributed by atoms with Gasteiger partial charge in [-0.05, 0) is 37.3 Å². The summed E-state index contributed by atoms with van der Waals surface area (Å²) in [6.07, 6.45) is 1.03. The van der Waals surface area contributed by atoms with E-state index in [-0.39, 0.29) is 23.9 Å². The van der Waals surface area contributed by atoms with E-state index in [1.165, 1.54) is 11.1 Å². The molecule has 2 N–H and O–H groups in total. The molecular weight excluding hydrogens is 248 g/mol. The number of aryl methyl sites for hydroxylation is 1. The summed E-state index contributed by atoms with van der Waals surface area (Å²) in [5.74, 6) is 0.727. The van der Waals surface area contributed by atoms with E-state index >= 15 is 0 Å². The molecule has 1 aromatic rings. The summed E-state index contributed by atoms with van der Waals surface area (Å²) in [7, 11) is 0. The maximum Gasteiger partial charge on any atom is 0.240 e. The van der Waals surface area contributed by atoms with Crippen molar-refractivity contribution in [2.24, 2.45) is 11.7 Å². The van der Waals surface area contributed by atoms with Crippen LogP contribution < -0.4 is 5.73 Å². The van der Waals surface area contributed by atoms with E-state index in [9.17, 15) is 4.79 Å². The maximum absolute atomic E-state index is 12.5. The Morgan fingerprint density at radius 3 is 2.60 bits per heavy atom. The molecule has 1 aromatic carbocycles. The van der Waals surface area contributed by atoms with Gasteiger partial charge in [0, 0.05) is 18.5 Å². The number of likely N-dealkylation sites (tertiary alicyclic amines) is 1. The van der Waals surface area contributed by atoms with Gasteiger partial charge in [0.25, 0.3) is 0 Å². The molecule has 20 heavy (non-hydrogen) atoms. The zero-order valence-corrected chi connectivity index (χ0v) is 13.0. The van der Waals surface area contributed by atoms with Gasteiger partial charge in [-0.25, -0.2) is 0 Å². The topological polar surface area (TPSA) is 46.3 Å². The number of nitrogens with zero attached hydrogens (tertiary/aromatic N) is 1. The molecule has 0 bridgehead atoms. The Morgan fingerprint density at radius 2 is 2.00 bits per heavy atom. The minimum atomic E-state index is -0.381. The van der Waals surface area contributed by atoms with Gasteiger partial charge in [-0.3, -0.25) is 4.79 Å². The highest BCUT2D eigenvalue weighted by molar-refractivity contribution is 5.82. The standard InChI is InChI=1S/C17H26N2O/c1-11(2)16(18)17(20)19-10-14(9-13(19)4)15-8-6-5-7-12(15)3/h5-8,11,13-14,16H,9-10,18H2,1-4H3/t13?,14?,16-/m0/s1. The number of carbonyl (C=O) groups excluding carboxylic acids is 1. The van der Waals surface area contributed by atoms with Crippen molar-refractivity contribution >= 4 is 5.91 Å². The number of benzene rings is 1. The van der Waals surface area contributed by atoms with Crippen molar-refractivity contribution in [3.05, 3.63) is 35.4 Å². The molecular formula is C17H26N2O. The number of carbonyl (C=O) groups is 1. The molecule has 0 saturated carbocycles. The smallest absolute Gasteiger partial charge is 0.240 e. The van der Waals surface area contributed by atoms with Crippen LogP contribution in [0.4, 0.5) is 0 Å². The number of amides is 1. The zero-order chi connectivity index (χ0) is 14.9. The van der Waals surface area contributed by atoms with Crippen molar-refractivity contribution in [1.29, 1.82) is 0 Å². The fraction of sp³-hybridized carbons (Fsp3) is 0.588. The van der Waals surface area contributed by atoms with Crippen LogP contribution in [0.2, 0.25) is 0 Å². The van der Waals surface area contributed by atoms with Crippen LogP contribution >= 0.6 is 0 Å². The first kappa shape index (κ1) is 15.0. The second-order valence-electron chi connectivity index (χ2n) is 6.40. The van der Waals surface area contributed by atoms with Crippen LogP contribution in [0.25, 0.3) is 0 Å². The van der Waals surface area contributed by atoms with Crippen LogP contribution in [0.3, 0.4) is 0 Å². The Kier molecular flexibility index (Phi) is 4.48. The molecule has 0 spiro atoms. The maximum atomic E-state index is 12.5. The van der Waals surface area contributed by atoms with Crippen LogP contribution in [-0.2, 0) is 4.79 Å². The lowest BCUT2D eigenvalue weighted by Crippen LogP contribution is -2.47. The largest absolute Gasteiger partial charge is 0.338 e. The van der Waals surface area contributed by atoms with Crippen molar-refractivity contribution in [3.8, 4) is 0 Å². The summed E-state index contributed by atoms with van der Waals surface area (Å²) in [6, 6.07) is 8.37. The summed E-state index contributed by atoms with van der Waals surface area (Å²) in [5.41, 5.74) is 8.71. The molecule has 0 aromatic heterocycles. The zero-order valence-electron chi connectivity index (χ0n) is 13.0. The molecule has 1 aliphatic rings. The first-order chi connectivity index (χ1) is 9.41. The van der Waals surface area contributed by atoms with Crippen LogP contribution in [0.15, 0.2) is 24.3 Å². The molecule has 3 nitrogen and oxygen atoms in total. The molecule has 1 amide bonds. The molecule has 1 fully saturated rings. The number of rotatable bonds is 3. The minimum Gasteiger partial charge on any atom is -0.338 e. The average molecular weight is 274 g/mol. The molecule has 1 saturated heterocycles. The second kappa shape index (κ2) is 5.96. The van der Waals surface area contributed by atoms with Gasteiger partial charge in [-0.1, -0.05) is 38.1 Å². The van der Waals surface area contributed by atoms with Gasteiger partial charge in [0.05, 0.1) is 6.04 Å². The van der Waals surface area contributed by atoms with Crippen molar-refractivity contribution in [1.82, 2.24) is 4.90 Å². The highest BCUT2D eigenvalue weighted by atomic mass is 16.2. The summed E-state index contributed by atoms with van der Waals surface area (Å²) >= 11 is 0. The van der Waals surface area contributed by atoms with Gasteiger partial charge < -0.3 is 10.6 Å². The molecule has 3 atom stereocenters. The SMILES string of the molecule is Cc1ccccc1C1CC(C)N(C(=O)[C@@H](N)C(C)C)C1. The predicted molar refractivity (Wildman–Crippen MR) is 82.5 cm³/mol. The van der Waals surface area contributed by atoms with Crippen molar-refractivity contribution in [3.63, 3.8) is 0 Å². The van der Waals surface area contributed by atoms with Gasteiger partial charge in [0.1, 0.15) is 0 Å². The first-order valence-corrected chi connectivity index (χ1v) is 7.53. The van der Waals surface area contributed by atoms with E-state index < -0.39 is 0 Å². The van der Waals surface area contributed by atoms with Crippen LogP contribution in [0.1, 0.15) is 44.2 Å². The van der Waals surface area contributed by atoms with E-state index in [0.717, 1.165) is 13.0 Å². The Bertz CT molecular complexity index is 484. The van der Waals surface area contributed by atoms with Gasteiger partial charge >= 0.3 is 0 Å². The minimum absolute atomic E-state index is 0.101. The molecule has 1 aliphatic heterocycles. The molecule has 0 radical (unpaired) electrons. The predicted octanol–water partition coefficient (Wildman–Crippen LogP) is 2.68. The summed E-state index contributed by atoms with van der Waals surface area (Å²) in [4.78, 5) is 14.4. The Labute approximate surface area is 122 Å². The third-order valence-corrected chi connectivity index (χ3v) is 4.49. The average Bonchev–Trinajstić information content (AvgIpc) is 2.79. The van der Waals surface area contributed by atoms with Crippen LogP contribution in [-0.4, -0.2) is 29.4 Å². The Balaban J connectivity index is 2.13. The van der Waals surface area contributed by atoms with Crippen molar-refractivity contribution in [2.45, 2.75) is 52.1 Å². The number of hydrogen-bond acceptors (Lipinski definition) is 2. The first-order valence-electron chi connectivity index (χ1n) is 7.53. The molecule has 2 rings (SSSR count). The third kappa shape index (κ3) is 2.88. The van der Waals surface area contributed by atoms with Gasteiger partial charge in [-0.2, -0.15) is 0 Å². The molecule has 0 aliphatic carbocycles. The lowest BCUT2D eigenvalue weighted by atomic mass is 9.93. The van der Waals surface area contributed by atoms with Gasteiger partial charge in [0.2, 0.25) is 5.91 Å². The second-order valence-corrected chi connectivity index (χ2v) is 6.40. The highest BCUT2D eigenvalue weighted by Gasteiger charge is 2.36. The van der Waals surface area contributed by atoms with Crippen molar-refractivity contribution in [2.75, 3.05) is 6.54 Å². The van der Waals surface area contributed by atoms with Crippen LogP contribution in [0, 0.1) is 12.8 Å². The van der Waals surface area contributed by atoms with E-state index in [1.54, 1.807) is 0 Å². The Hall–Kier alpha value is -1.35. The number of nitrogens with two attached hydrogens (primary N) is 1. The van der Waals surface area contributed by atoms with E-state index in [1.807, 2.05) is 18.7 Å². The third-order valence-electron chi connectivity index (χ3n) is 4.49. The summed E-state index contributed by atoms with van der Waals surface area (Å²) in [5, 5.41) is 0. The molecule has 110 valence electrons. The lowest BCUT2D eigenvalue weighted by Gasteiger charge is -2.26. The molecule has 3 heteroatoms. The van der Waals surface area contributed by atoms with E-state index in [4.69, 9.17) is 5.73 Å². The molecule has 1 heterocycles. The summed E-state index contributed by atoms with van der Waals surface area (Å²) < 4.78 is 0. The monoisotopic (exact) mass is 274 g/mol. The van der Waals surface area contributed by atoms with Crippen molar-refractivity contribution < 1.29 is 4.79 Å². The van der Waals surface area contributed by atoms with E-state index in [2.05, 4.69) is 38.1 Å².